The fourth-order valence-electron chi connectivity index (χ4n) is 1.79. The molecule has 8 heteroatoms. The third kappa shape index (κ3) is 3.88. The lowest BCUT2D eigenvalue weighted by molar-refractivity contribution is 0.510. The Kier molecular flexibility index (Phi) is 5.76. The lowest BCUT2D eigenvalue weighted by Gasteiger charge is -2.16. The third-order valence-corrected chi connectivity index (χ3v) is 5.08. The summed E-state index contributed by atoms with van der Waals surface area (Å²) in [4.78, 5) is -0.351. The van der Waals surface area contributed by atoms with Crippen molar-refractivity contribution in [1.29, 1.82) is 0 Å². The summed E-state index contributed by atoms with van der Waals surface area (Å²) in [5, 5.41) is 0. The van der Waals surface area contributed by atoms with Crippen molar-refractivity contribution in [3.05, 3.63) is 28.5 Å². The molecule has 108 valence electrons. The van der Waals surface area contributed by atoms with Crippen molar-refractivity contribution >= 4 is 38.4 Å². The summed E-state index contributed by atoms with van der Waals surface area (Å²) in [6.45, 7) is 0.222. The van der Waals surface area contributed by atoms with E-state index < -0.39 is 15.8 Å². The average molecular weight is 374 g/mol. The molecular weight excluding hydrogens is 359 g/mol. The van der Waals surface area contributed by atoms with Gasteiger partial charge in [-0.15, -0.1) is 12.4 Å². The van der Waals surface area contributed by atoms with Gasteiger partial charge >= 0.3 is 0 Å². The zero-order valence-electron chi connectivity index (χ0n) is 9.97. The topological polar surface area (TPSA) is 72.2 Å². The van der Waals surface area contributed by atoms with Gasteiger partial charge in [-0.3, -0.25) is 0 Å². The van der Waals surface area contributed by atoms with Crippen molar-refractivity contribution in [2.45, 2.75) is 23.8 Å². The van der Waals surface area contributed by atoms with Gasteiger partial charge in [-0.2, -0.15) is 0 Å². The predicted molar refractivity (Wildman–Crippen MR) is 77.2 cm³/mol. The lowest BCUT2D eigenvalue weighted by Crippen LogP contribution is -2.41. The molecule has 0 amide bonds. The largest absolute Gasteiger partial charge is 0.329 e. The highest BCUT2D eigenvalue weighted by Crippen LogP contribution is 2.33. The molecule has 1 fully saturated rings. The number of sulfonamides is 1. The molecule has 1 atom stereocenters. The molecule has 2 rings (SSSR count). The van der Waals surface area contributed by atoms with Gasteiger partial charge in [-0.05, 0) is 46.8 Å². The second kappa shape index (κ2) is 6.49. The molecule has 0 aliphatic heterocycles. The molecule has 0 saturated heterocycles. The summed E-state index contributed by atoms with van der Waals surface area (Å²) < 4.78 is 40.5. The summed E-state index contributed by atoms with van der Waals surface area (Å²) in [7, 11) is -3.86. The second-order valence-electron chi connectivity index (χ2n) is 4.35. The van der Waals surface area contributed by atoms with Crippen LogP contribution in [0.2, 0.25) is 0 Å². The number of hydrogen-bond acceptors (Lipinski definition) is 3. The van der Waals surface area contributed by atoms with Gasteiger partial charge in [0.25, 0.3) is 0 Å². The SMILES string of the molecule is Cl.NCC(NS(=O)(=O)c1cccc(Br)c1F)C1CC1. The Morgan fingerprint density at radius 2 is 2.11 bits per heavy atom. The quantitative estimate of drug-likeness (QED) is 0.829. The van der Waals surface area contributed by atoms with Crippen LogP contribution >= 0.6 is 28.3 Å². The van der Waals surface area contributed by atoms with Crippen molar-refractivity contribution < 1.29 is 12.8 Å². The third-order valence-electron chi connectivity index (χ3n) is 2.96. The van der Waals surface area contributed by atoms with Gasteiger partial charge in [-0.25, -0.2) is 17.5 Å². The van der Waals surface area contributed by atoms with Crippen molar-refractivity contribution in [2.24, 2.45) is 11.7 Å². The van der Waals surface area contributed by atoms with Gasteiger partial charge in [0.2, 0.25) is 10.0 Å². The highest BCUT2D eigenvalue weighted by Gasteiger charge is 2.34. The standard InChI is InChI=1S/C11H14BrFN2O2S.ClH/c12-8-2-1-3-10(11(8)13)18(16,17)15-9(6-14)7-4-5-7;/h1-3,7,9,15H,4-6,14H2;1H. The normalized spacial score (nSPS) is 16.8. The van der Waals surface area contributed by atoms with E-state index in [0.29, 0.717) is 0 Å². The van der Waals surface area contributed by atoms with E-state index in [1.165, 1.54) is 18.2 Å². The van der Waals surface area contributed by atoms with Crippen LogP contribution in [0.15, 0.2) is 27.6 Å². The predicted octanol–water partition coefficient (Wildman–Crippen LogP) is 2.03. The van der Waals surface area contributed by atoms with Gasteiger partial charge in [0.05, 0.1) is 4.47 Å². The van der Waals surface area contributed by atoms with Crippen molar-refractivity contribution in [3.63, 3.8) is 0 Å². The van der Waals surface area contributed by atoms with Crippen LogP contribution in [0.5, 0.6) is 0 Å². The van der Waals surface area contributed by atoms with E-state index in [0.717, 1.165) is 12.8 Å². The van der Waals surface area contributed by atoms with E-state index in [2.05, 4.69) is 20.7 Å². The maximum absolute atomic E-state index is 13.8. The number of halogens is 3. The van der Waals surface area contributed by atoms with Crippen molar-refractivity contribution in [2.75, 3.05) is 6.54 Å². The van der Waals surface area contributed by atoms with Gasteiger partial charge in [0.1, 0.15) is 4.90 Å². The van der Waals surface area contributed by atoms with Crippen molar-refractivity contribution in [1.82, 2.24) is 4.72 Å². The van der Waals surface area contributed by atoms with Crippen LogP contribution in [0.3, 0.4) is 0 Å². The number of hydrogen-bond donors (Lipinski definition) is 2. The minimum Gasteiger partial charge on any atom is -0.329 e. The number of rotatable bonds is 5. The maximum atomic E-state index is 13.8. The zero-order valence-corrected chi connectivity index (χ0v) is 13.2. The highest BCUT2D eigenvalue weighted by molar-refractivity contribution is 9.10. The fourth-order valence-corrected chi connectivity index (χ4v) is 3.70. The molecule has 1 aliphatic carbocycles. The molecule has 0 bridgehead atoms. The molecule has 0 heterocycles. The maximum Gasteiger partial charge on any atom is 0.243 e. The van der Waals surface area contributed by atoms with Crippen LogP contribution in [0, 0.1) is 11.7 Å². The Hall–Kier alpha value is -0.210. The molecule has 0 radical (unpaired) electrons. The zero-order chi connectivity index (χ0) is 13.3. The molecule has 19 heavy (non-hydrogen) atoms. The molecule has 1 saturated carbocycles. The summed E-state index contributed by atoms with van der Waals surface area (Å²) >= 11 is 2.97. The fraction of sp³-hybridized carbons (Fsp3) is 0.455. The molecule has 1 unspecified atom stereocenters. The first-order chi connectivity index (χ1) is 8.45. The Bertz CT molecular complexity index is 552. The van der Waals surface area contributed by atoms with Crippen LogP contribution < -0.4 is 10.5 Å². The Morgan fingerprint density at radius 3 is 2.63 bits per heavy atom. The first-order valence-electron chi connectivity index (χ1n) is 5.62. The first kappa shape index (κ1) is 16.8. The Labute approximate surface area is 126 Å². The van der Waals surface area contributed by atoms with Crippen LogP contribution in [0.25, 0.3) is 0 Å². The van der Waals surface area contributed by atoms with Gasteiger partial charge in [0.15, 0.2) is 5.82 Å². The Morgan fingerprint density at radius 1 is 1.47 bits per heavy atom. The van der Waals surface area contributed by atoms with E-state index in [1.54, 1.807) is 0 Å². The van der Waals surface area contributed by atoms with Crippen molar-refractivity contribution in [3.8, 4) is 0 Å². The molecule has 0 aromatic heterocycles. The van der Waals surface area contributed by atoms with E-state index >= 15 is 0 Å². The number of nitrogens with two attached hydrogens (primary N) is 1. The monoisotopic (exact) mass is 372 g/mol. The van der Waals surface area contributed by atoms with Crippen LogP contribution in [-0.2, 0) is 10.0 Å². The van der Waals surface area contributed by atoms with Crippen LogP contribution in [0.4, 0.5) is 4.39 Å². The summed E-state index contributed by atoms with van der Waals surface area (Å²) in [6, 6.07) is 3.86. The second-order valence-corrected chi connectivity index (χ2v) is 6.89. The van der Waals surface area contributed by atoms with Crippen LogP contribution in [-0.4, -0.2) is 21.0 Å². The van der Waals surface area contributed by atoms with Gasteiger partial charge in [0, 0.05) is 12.6 Å². The van der Waals surface area contributed by atoms with Gasteiger partial charge in [-0.1, -0.05) is 6.07 Å². The van der Waals surface area contributed by atoms with E-state index in [4.69, 9.17) is 5.73 Å². The summed E-state index contributed by atoms with van der Waals surface area (Å²) in [5.41, 5.74) is 5.54. The minimum absolute atomic E-state index is 0. The molecule has 3 N–H and O–H groups in total. The molecule has 1 aromatic rings. The van der Waals surface area contributed by atoms with Crippen LogP contribution in [0.1, 0.15) is 12.8 Å². The number of benzene rings is 1. The average Bonchev–Trinajstić information content (AvgIpc) is 3.13. The van der Waals surface area contributed by atoms with Gasteiger partial charge < -0.3 is 5.73 Å². The van der Waals surface area contributed by atoms with E-state index in [9.17, 15) is 12.8 Å². The molecule has 4 nitrogen and oxygen atoms in total. The molecule has 1 aromatic carbocycles. The lowest BCUT2D eigenvalue weighted by atomic mass is 10.2. The molecule has 0 spiro atoms. The van der Waals surface area contributed by atoms with E-state index in [-0.39, 0.29) is 40.3 Å². The highest BCUT2D eigenvalue weighted by atomic mass is 79.9. The first-order valence-corrected chi connectivity index (χ1v) is 7.89. The molecular formula is C11H15BrClFN2O2S. The summed E-state index contributed by atoms with van der Waals surface area (Å²) in [6.07, 6.45) is 1.93. The molecule has 1 aliphatic rings. The number of nitrogens with one attached hydrogen (secondary N) is 1. The minimum atomic E-state index is -3.86. The Balaban J connectivity index is 0.00000180. The summed E-state index contributed by atoms with van der Waals surface area (Å²) in [5.74, 6) is -0.503. The van der Waals surface area contributed by atoms with E-state index in [1.807, 2.05) is 0 Å². The smallest absolute Gasteiger partial charge is 0.243 e.